The summed E-state index contributed by atoms with van der Waals surface area (Å²) in [5.41, 5.74) is 0.570. The molecule has 0 aliphatic heterocycles. The standard InChI is InChI=1S/C13H16N4O3/c1-3-9(2)15-13(18)8-16-12-6-11(17(19)20)5-4-10(12)7-14-16/h4-7,9H,3,8H2,1-2H3,(H,15,18). The number of nitro groups is 1. The van der Waals surface area contributed by atoms with E-state index in [0.717, 1.165) is 11.8 Å². The van der Waals surface area contributed by atoms with Crippen LogP contribution in [0.4, 0.5) is 5.69 Å². The SMILES string of the molecule is CCC(C)NC(=O)Cn1ncc2ccc([N+](=O)[O-])cc21. The van der Waals surface area contributed by atoms with Crippen molar-refractivity contribution >= 4 is 22.5 Å². The summed E-state index contributed by atoms with van der Waals surface area (Å²) in [7, 11) is 0. The number of carbonyl (C=O) groups is 1. The zero-order chi connectivity index (χ0) is 14.7. The fourth-order valence-corrected chi connectivity index (χ4v) is 1.86. The maximum absolute atomic E-state index is 11.8. The van der Waals surface area contributed by atoms with Crippen LogP contribution in [0.15, 0.2) is 24.4 Å². The zero-order valence-electron chi connectivity index (χ0n) is 11.4. The first kappa shape index (κ1) is 14.0. The van der Waals surface area contributed by atoms with Gasteiger partial charge < -0.3 is 5.32 Å². The van der Waals surface area contributed by atoms with Gasteiger partial charge in [-0.3, -0.25) is 19.6 Å². The molecule has 0 saturated carbocycles. The van der Waals surface area contributed by atoms with Crippen LogP contribution in [-0.4, -0.2) is 26.7 Å². The number of non-ortho nitro benzene ring substituents is 1. The highest BCUT2D eigenvalue weighted by atomic mass is 16.6. The van der Waals surface area contributed by atoms with E-state index >= 15 is 0 Å². The first-order valence-corrected chi connectivity index (χ1v) is 6.40. The molecule has 0 fully saturated rings. The Bertz CT molecular complexity index is 650. The highest BCUT2D eigenvalue weighted by Gasteiger charge is 2.13. The Balaban J connectivity index is 2.24. The highest BCUT2D eigenvalue weighted by molar-refractivity contribution is 5.83. The molecule has 106 valence electrons. The number of aromatic nitrogens is 2. The molecule has 7 heteroatoms. The number of nitrogens with one attached hydrogen (secondary N) is 1. The Hall–Kier alpha value is -2.44. The van der Waals surface area contributed by atoms with Gasteiger partial charge in [-0.25, -0.2) is 0 Å². The summed E-state index contributed by atoms with van der Waals surface area (Å²) in [5, 5.41) is 18.5. The smallest absolute Gasteiger partial charge is 0.271 e. The van der Waals surface area contributed by atoms with Crippen LogP contribution in [0.2, 0.25) is 0 Å². The lowest BCUT2D eigenvalue weighted by atomic mass is 10.2. The number of fused-ring (bicyclic) bond motifs is 1. The van der Waals surface area contributed by atoms with Gasteiger partial charge in [0.2, 0.25) is 5.91 Å². The van der Waals surface area contributed by atoms with Gasteiger partial charge in [-0.05, 0) is 19.4 Å². The summed E-state index contributed by atoms with van der Waals surface area (Å²) in [4.78, 5) is 22.2. The molecule has 1 amide bonds. The monoisotopic (exact) mass is 276 g/mol. The van der Waals surface area contributed by atoms with Crippen molar-refractivity contribution in [2.45, 2.75) is 32.9 Å². The maximum atomic E-state index is 11.8. The topological polar surface area (TPSA) is 90.1 Å². The van der Waals surface area contributed by atoms with Crippen molar-refractivity contribution in [1.29, 1.82) is 0 Å². The molecule has 1 N–H and O–H groups in total. The first-order chi connectivity index (χ1) is 9.51. The van der Waals surface area contributed by atoms with Crippen LogP contribution >= 0.6 is 0 Å². The summed E-state index contributed by atoms with van der Waals surface area (Å²) < 4.78 is 1.47. The Morgan fingerprint density at radius 3 is 2.95 bits per heavy atom. The molecule has 7 nitrogen and oxygen atoms in total. The van der Waals surface area contributed by atoms with Crippen LogP contribution in [0.1, 0.15) is 20.3 Å². The second-order valence-electron chi connectivity index (χ2n) is 4.68. The van der Waals surface area contributed by atoms with Crippen molar-refractivity contribution in [3.8, 4) is 0 Å². The lowest BCUT2D eigenvalue weighted by molar-refractivity contribution is -0.384. The van der Waals surface area contributed by atoms with E-state index in [-0.39, 0.29) is 24.2 Å². The number of carbonyl (C=O) groups excluding carboxylic acids is 1. The van der Waals surface area contributed by atoms with Crippen molar-refractivity contribution in [2.24, 2.45) is 0 Å². The Morgan fingerprint density at radius 2 is 2.30 bits per heavy atom. The van der Waals surface area contributed by atoms with E-state index in [1.165, 1.54) is 16.8 Å². The minimum Gasteiger partial charge on any atom is -0.352 e. The Kier molecular flexibility index (Phi) is 3.97. The molecule has 1 unspecified atom stereocenters. The van der Waals surface area contributed by atoms with Gasteiger partial charge in [-0.15, -0.1) is 0 Å². The van der Waals surface area contributed by atoms with Crippen LogP contribution in [-0.2, 0) is 11.3 Å². The second kappa shape index (κ2) is 5.68. The molecular formula is C13H16N4O3. The van der Waals surface area contributed by atoms with E-state index in [2.05, 4.69) is 10.4 Å². The molecule has 20 heavy (non-hydrogen) atoms. The van der Waals surface area contributed by atoms with Crippen molar-refractivity contribution < 1.29 is 9.72 Å². The van der Waals surface area contributed by atoms with Gasteiger partial charge in [-0.2, -0.15) is 5.10 Å². The van der Waals surface area contributed by atoms with Crippen molar-refractivity contribution in [2.75, 3.05) is 0 Å². The van der Waals surface area contributed by atoms with Crippen LogP contribution < -0.4 is 5.32 Å². The fraction of sp³-hybridized carbons (Fsp3) is 0.385. The number of hydrogen-bond donors (Lipinski definition) is 1. The largest absolute Gasteiger partial charge is 0.352 e. The van der Waals surface area contributed by atoms with Gasteiger partial charge >= 0.3 is 0 Å². The molecule has 1 heterocycles. The Morgan fingerprint density at radius 1 is 1.55 bits per heavy atom. The highest BCUT2D eigenvalue weighted by Crippen LogP contribution is 2.20. The van der Waals surface area contributed by atoms with Gasteiger partial charge in [0.1, 0.15) is 6.54 Å². The van der Waals surface area contributed by atoms with Gasteiger partial charge in [0.05, 0.1) is 16.6 Å². The molecule has 1 aromatic heterocycles. The molecular weight excluding hydrogens is 260 g/mol. The molecule has 0 aliphatic rings. The maximum Gasteiger partial charge on any atom is 0.271 e. The predicted octanol–water partition coefficient (Wildman–Crippen LogP) is 1.86. The third-order valence-electron chi connectivity index (χ3n) is 3.15. The van der Waals surface area contributed by atoms with E-state index in [1.807, 2.05) is 13.8 Å². The summed E-state index contributed by atoms with van der Waals surface area (Å²) in [6.07, 6.45) is 2.44. The number of benzene rings is 1. The first-order valence-electron chi connectivity index (χ1n) is 6.40. The fourth-order valence-electron chi connectivity index (χ4n) is 1.86. The number of nitro benzene ring substituents is 1. The molecule has 0 bridgehead atoms. The quantitative estimate of drug-likeness (QED) is 0.666. The number of hydrogen-bond acceptors (Lipinski definition) is 4. The minimum absolute atomic E-state index is 0.0124. The normalized spacial score (nSPS) is 12.3. The average Bonchev–Trinajstić information content (AvgIpc) is 2.80. The molecule has 0 spiro atoms. The van der Waals surface area contributed by atoms with E-state index in [1.54, 1.807) is 12.3 Å². The second-order valence-corrected chi connectivity index (χ2v) is 4.68. The molecule has 1 atom stereocenters. The number of amides is 1. The molecule has 1 aromatic carbocycles. The Labute approximate surface area is 115 Å². The third-order valence-corrected chi connectivity index (χ3v) is 3.15. The van der Waals surface area contributed by atoms with E-state index < -0.39 is 4.92 Å². The summed E-state index contributed by atoms with van der Waals surface area (Å²) in [5.74, 6) is -0.157. The minimum atomic E-state index is -0.462. The summed E-state index contributed by atoms with van der Waals surface area (Å²) >= 11 is 0. The van der Waals surface area contributed by atoms with E-state index in [0.29, 0.717) is 5.52 Å². The van der Waals surface area contributed by atoms with Crippen LogP contribution in [0.5, 0.6) is 0 Å². The van der Waals surface area contributed by atoms with Gasteiger partial charge in [-0.1, -0.05) is 6.92 Å². The van der Waals surface area contributed by atoms with Gasteiger partial charge in [0, 0.05) is 23.6 Å². The number of rotatable bonds is 5. The predicted molar refractivity (Wildman–Crippen MR) is 74.3 cm³/mol. The molecule has 0 radical (unpaired) electrons. The molecule has 0 aliphatic carbocycles. The van der Waals surface area contributed by atoms with Crippen molar-refractivity contribution in [3.05, 3.63) is 34.5 Å². The summed E-state index contributed by atoms with van der Waals surface area (Å²) in [6.45, 7) is 3.95. The zero-order valence-corrected chi connectivity index (χ0v) is 11.4. The average molecular weight is 276 g/mol. The van der Waals surface area contributed by atoms with Crippen LogP contribution in [0.3, 0.4) is 0 Å². The van der Waals surface area contributed by atoms with Gasteiger partial charge in [0.25, 0.3) is 5.69 Å². The lowest BCUT2D eigenvalue weighted by Crippen LogP contribution is -2.34. The lowest BCUT2D eigenvalue weighted by Gasteiger charge is -2.11. The van der Waals surface area contributed by atoms with Crippen molar-refractivity contribution in [3.63, 3.8) is 0 Å². The van der Waals surface area contributed by atoms with E-state index in [9.17, 15) is 14.9 Å². The van der Waals surface area contributed by atoms with Crippen LogP contribution in [0, 0.1) is 10.1 Å². The van der Waals surface area contributed by atoms with Crippen LogP contribution in [0.25, 0.3) is 10.9 Å². The van der Waals surface area contributed by atoms with Crippen molar-refractivity contribution in [1.82, 2.24) is 15.1 Å². The molecule has 2 aromatic rings. The molecule has 0 saturated heterocycles. The molecule has 2 rings (SSSR count). The van der Waals surface area contributed by atoms with Gasteiger partial charge in [0.15, 0.2) is 0 Å². The third kappa shape index (κ3) is 2.93. The summed E-state index contributed by atoms with van der Waals surface area (Å²) in [6, 6.07) is 4.58. The van der Waals surface area contributed by atoms with E-state index in [4.69, 9.17) is 0 Å². The number of nitrogens with zero attached hydrogens (tertiary/aromatic N) is 3.